The molecule has 0 heterocycles. The molecule has 2 rings (SSSR count). The van der Waals surface area contributed by atoms with Gasteiger partial charge >= 0.3 is 0 Å². The molecule has 0 radical (unpaired) electrons. The molecule has 2 aromatic carbocycles. The van der Waals surface area contributed by atoms with Gasteiger partial charge in [-0.15, -0.1) is 0 Å². The Bertz CT molecular complexity index is 584. The van der Waals surface area contributed by atoms with Gasteiger partial charge in [-0.3, -0.25) is 4.79 Å². The maximum Gasteiger partial charge on any atom is 0.260 e. The van der Waals surface area contributed by atoms with E-state index in [0.29, 0.717) is 16.3 Å². The van der Waals surface area contributed by atoms with E-state index in [1.165, 1.54) is 4.90 Å². The van der Waals surface area contributed by atoms with Gasteiger partial charge in [0.2, 0.25) is 0 Å². The minimum Gasteiger partial charge on any atom is -0.398 e. The van der Waals surface area contributed by atoms with Crippen LogP contribution in [0.15, 0.2) is 48.5 Å². The average molecular weight is 261 g/mol. The van der Waals surface area contributed by atoms with Gasteiger partial charge in [0.05, 0.1) is 5.56 Å². The number of benzene rings is 2. The summed E-state index contributed by atoms with van der Waals surface area (Å²) in [6, 6.07) is 14.1. The number of rotatable bonds is 2. The van der Waals surface area contributed by atoms with Gasteiger partial charge in [0.25, 0.3) is 5.91 Å². The van der Waals surface area contributed by atoms with Crippen LogP contribution in [0, 0.1) is 0 Å². The van der Waals surface area contributed by atoms with Crippen LogP contribution in [0.4, 0.5) is 11.4 Å². The summed E-state index contributed by atoms with van der Waals surface area (Å²) in [7, 11) is 1.69. The fourth-order valence-corrected chi connectivity index (χ4v) is 1.86. The number of halogens is 1. The van der Waals surface area contributed by atoms with Crippen molar-refractivity contribution in [3.05, 3.63) is 59.1 Å². The van der Waals surface area contributed by atoms with Gasteiger partial charge in [-0.1, -0.05) is 29.8 Å². The van der Waals surface area contributed by atoms with E-state index in [4.69, 9.17) is 17.3 Å². The SMILES string of the molecule is CN(C(=O)c1ccccc1N)c1cccc(Cl)c1. The number of carbonyl (C=O) groups is 1. The van der Waals surface area contributed by atoms with E-state index in [0.717, 1.165) is 5.69 Å². The van der Waals surface area contributed by atoms with Crippen LogP contribution in [0.2, 0.25) is 5.02 Å². The summed E-state index contributed by atoms with van der Waals surface area (Å²) in [6.07, 6.45) is 0. The topological polar surface area (TPSA) is 46.3 Å². The van der Waals surface area contributed by atoms with E-state index in [-0.39, 0.29) is 5.91 Å². The van der Waals surface area contributed by atoms with E-state index in [1.807, 2.05) is 6.07 Å². The standard InChI is InChI=1S/C14H13ClN2O/c1-17(11-6-4-5-10(15)9-11)14(18)12-7-2-3-8-13(12)16/h2-9H,16H2,1H3. The van der Waals surface area contributed by atoms with Crippen molar-refractivity contribution in [1.29, 1.82) is 0 Å². The maximum absolute atomic E-state index is 12.3. The van der Waals surface area contributed by atoms with Crippen LogP contribution in [0.1, 0.15) is 10.4 Å². The molecule has 4 heteroatoms. The van der Waals surface area contributed by atoms with Gasteiger partial charge in [-0.05, 0) is 30.3 Å². The highest BCUT2D eigenvalue weighted by Crippen LogP contribution is 2.21. The van der Waals surface area contributed by atoms with Gasteiger partial charge in [0.15, 0.2) is 0 Å². The molecule has 3 nitrogen and oxygen atoms in total. The molecule has 0 bridgehead atoms. The Balaban J connectivity index is 2.32. The zero-order valence-electron chi connectivity index (χ0n) is 9.93. The van der Waals surface area contributed by atoms with Crippen LogP contribution in [0.25, 0.3) is 0 Å². The summed E-state index contributed by atoms with van der Waals surface area (Å²) in [5.41, 5.74) is 7.48. The zero-order chi connectivity index (χ0) is 13.1. The number of nitrogens with two attached hydrogens (primary N) is 1. The van der Waals surface area contributed by atoms with Crippen molar-refractivity contribution in [3.8, 4) is 0 Å². The summed E-state index contributed by atoms with van der Waals surface area (Å²) in [5, 5.41) is 0.591. The molecule has 92 valence electrons. The monoisotopic (exact) mass is 260 g/mol. The van der Waals surface area contributed by atoms with Gasteiger partial charge < -0.3 is 10.6 Å². The zero-order valence-corrected chi connectivity index (χ0v) is 10.7. The van der Waals surface area contributed by atoms with E-state index < -0.39 is 0 Å². The maximum atomic E-state index is 12.3. The third-order valence-corrected chi connectivity index (χ3v) is 2.93. The summed E-state index contributed by atoms with van der Waals surface area (Å²) in [5.74, 6) is -0.157. The first kappa shape index (κ1) is 12.5. The lowest BCUT2D eigenvalue weighted by atomic mass is 10.1. The summed E-state index contributed by atoms with van der Waals surface area (Å²) >= 11 is 5.91. The normalized spacial score (nSPS) is 10.1. The third kappa shape index (κ3) is 2.46. The number of nitrogens with zero attached hydrogens (tertiary/aromatic N) is 1. The van der Waals surface area contributed by atoms with Crippen LogP contribution in [0.3, 0.4) is 0 Å². The summed E-state index contributed by atoms with van der Waals surface area (Å²) in [6.45, 7) is 0. The number of amides is 1. The van der Waals surface area contributed by atoms with E-state index >= 15 is 0 Å². The first-order chi connectivity index (χ1) is 8.59. The molecule has 0 atom stereocenters. The molecular weight excluding hydrogens is 248 g/mol. The minimum absolute atomic E-state index is 0.157. The van der Waals surface area contributed by atoms with Crippen molar-refractivity contribution >= 4 is 28.9 Å². The fraction of sp³-hybridized carbons (Fsp3) is 0.0714. The minimum atomic E-state index is -0.157. The largest absolute Gasteiger partial charge is 0.398 e. The van der Waals surface area contributed by atoms with Gasteiger partial charge in [-0.2, -0.15) is 0 Å². The Morgan fingerprint density at radius 2 is 1.89 bits per heavy atom. The average Bonchev–Trinajstić information content (AvgIpc) is 2.37. The molecule has 0 aliphatic rings. The molecule has 0 aliphatic heterocycles. The second-order valence-electron chi connectivity index (χ2n) is 3.93. The number of hydrogen-bond acceptors (Lipinski definition) is 2. The highest BCUT2D eigenvalue weighted by molar-refractivity contribution is 6.31. The Kier molecular flexibility index (Phi) is 3.53. The molecule has 0 unspecified atom stereocenters. The molecule has 0 aromatic heterocycles. The molecule has 0 saturated heterocycles. The summed E-state index contributed by atoms with van der Waals surface area (Å²) in [4.78, 5) is 13.8. The fourth-order valence-electron chi connectivity index (χ4n) is 1.67. The van der Waals surface area contributed by atoms with Crippen molar-refractivity contribution in [1.82, 2.24) is 0 Å². The molecule has 0 fully saturated rings. The van der Waals surface area contributed by atoms with Crippen LogP contribution in [-0.4, -0.2) is 13.0 Å². The van der Waals surface area contributed by atoms with E-state index in [9.17, 15) is 4.79 Å². The second kappa shape index (κ2) is 5.10. The Morgan fingerprint density at radius 3 is 2.56 bits per heavy atom. The van der Waals surface area contributed by atoms with Crippen molar-refractivity contribution < 1.29 is 4.79 Å². The smallest absolute Gasteiger partial charge is 0.260 e. The molecule has 0 spiro atoms. The molecular formula is C14H13ClN2O. The van der Waals surface area contributed by atoms with Crippen molar-refractivity contribution in [2.45, 2.75) is 0 Å². The first-order valence-corrected chi connectivity index (χ1v) is 5.85. The highest BCUT2D eigenvalue weighted by Gasteiger charge is 2.15. The van der Waals surface area contributed by atoms with Crippen LogP contribution in [0.5, 0.6) is 0 Å². The molecule has 2 N–H and O–H groups in total. The Labute approximate surface area is 111 Å². The number of carbonyl (C=O) groups excluding carboxylic acids is 1. The van der Waals surface area contributed by atoms with Gasteiger partial charge in [-0.25, -0.2) is 0 Å². The molecule has 2 aromatic rings. The quantitative estimate of drug-likeness (QED) is 0.843. The van der Waals surface area contributed by atoms with Gasteiger partial charge in [0.1, 0.15) is 0 Å². The van der Waals surface area contributed by atoms with Crippen molar-refractivity contribution in [2.24, 2.45) is 0 Å². The number of para-hydroxylation sites is 1. The summed E-state index contributed by atoms with van der Waals surface area (Å²) < 4.78 is 0. The number of nitrogen functional groups attached to an aromatic ring is 1. The van der Waals surface area contributed by atoms with Crippen LogP contribution >= 0.6 is 11.6 Å². The number of anilines is 2. The van der Waals surface area contributed by atoms with E-state index in [1.54, 1.807) is 49.5 Å². The predicted molar refractivity (Wildman–Crippen MR) is 75.0 cm³/mol. The second-order valence-corrected chi connectivity index (χ2v) is 4.37. The van der Waals surface area contributed by atoms with Gasteiger partial charge in [0, 0.05) is 23.4 Å². The lowest BCUT2D eigenvalue weighted by molar-refractivity contribution is 0.0994. The van der Waals surface area contributed by atoms with Crippen LogP contribution < -0.4 is 10.6 Å². The molecule has 18 heavy (non-hydrogen) atoms. The lowest BCUT2D eigenvalue weighted by Crippen LogP contribution is -2.26. The highest BCUT2D eigenvalue weighted by atomic mass is 35.5. The van der Waals surface area contributed by atoms with Crippen molar-refractivity contribution in [2.75, 3.05) is 17.7 Å². The van der Waals surface area contributed by atoms with Crippen LogP contribution in [-0.2, 0) is 0 Å². The van der Waals surface area contributed by atoms with Crippen molar-refractivity contribution in [3.63, 3.8) is 0 Å². The molecule has 0 saturated carbocycles. The molecule has 0 aliphatic carbocycles. The van der Waals surface area contributed by atoms with E-state index in [2.05, 4.69) is 0 Å². The Morgan fingerprint density at radius 1 is 1.17 bits per heavy atom. The number of hydrogen-bond donors (Lipinski definition) is 1. The predicted octanol–water partition coefficient (Wildman–Crippen LogP) is 3.20. The first-order valence-electron chi connectivity index (χ1n) is 5.47. The molecule has 1 amide bonds. The lowest BCUT2D eigenvalue weighted by Gasteiger charge is -2.18. The third-order valence-electron chi connectivity index (χ3n) is 2.69. The Hall–Kier alpha value is -2.00.